The summed E-state index contributed by atoms with van der Waals surface area (Å²) in [6.07, 6.45) is 3.62. The first-order valence-electron chi connectivity index (χ1n) is 7.84. The van der Waals surface area contributed by atoms with Gasteiger partial charge in [0.2, 0.25) is 0 Å². The van der Waals surface area contributed by atoms with E-state index in [1.165, 1.54) is 0 Å². The zero-order chi connectivity index (χ0) is 16.9. The van der Waals surface area contributed by atoms with Gasteiger partial charge in [-0.05, 0) is 36.8 Å². The lowest BCUT2D eigenvalue weighted by atomic mass is 10.1. The molecule has 6 heteroatoms. The number of halogens is 1. The van der Waals surface area contributed by atoms with Crippen LogP contribution >= 0.6 is 11.6 Å². The number of ether oxygens (including phenoxy) is 2. The van der Waals surface area contributed by atoms with E-state index in [0.717, 1.165) is 43.1 Å². The number of nitrogens with one attached hydrogen (secondary N) is 1. The highest BCUT2D eigenvalue weighted by molar-refractivity contribution is 6.30. The molecule has 0 spiro atoms. The van der Waals surface area contributed by atoms with Gasteiger partial charge in [0, 0.05) is 24.7 Å². The molecule has 0 radical (unpaired) electrons. The maximum Gasteiger partial charge on any atom is 0.148 e. The Balaban J connectivity index is 1.76. The van der Waals surface area contributed by atoms with Gasteiger partial charge in [-0.1, -0.05) is 11.6 Å². The van der Waals surface area contributed by atoms with Crippen molar-refractivity contribution >= 4 is 23.0 Å². The second-order valence-corrected chi connectivity index (χ2v) is 6.03. The SMILES string of the molecule is Cc1cc(OC2CCOCC2)ccc1Nc1ccnc(Cl)c1C#N. The van der Waals surface area contributed by atoms with E-state index in [-0.39, 0.29) is 11.3 Å². The zero-order valence-corrected chi connectivity index (χ0v) is 14.1. The zero-order valence-electron chi connectivity index (χ0n) is 13.4. The Kier molecular flexibility index (Phi) is 5.19. The van der Waals surface area contributed by atoms with Gasteiger partial charge < -0.3 is 14.8 Å². The highest BCUT2D eigenvalue weighted by Gasteiger charge is 2.16. The monoisotopic (exact) mass is 343 g/mol. The average Bonchev–Trinajstić information content (AvgIpc) is 2.58. The van der Waals surface area contributed by atoms with E-state index < -0.39 is 0 Å². The summed E-state index contributed by atoms with van der Waals surface area (Å²) in [5.41, 5.74) is 2.89. The summed E-state index contributed by atoms with van der Waals surface area (Å²) < 4.78 is 11.4. The van der Waals surface area contributed by atoms with Crippen molar-refractivity contribution in [2.75, 3.05) is 18.5 Å². The number of anilines is 2. The Labute approximate surface area is 146 Å². The summed E-state index contributed by atoms with van der Waals surface area (Å²) in [5.74, 6) is 0.846. The Bertz CT molecular complexity index is 767. The minimum atomic E-state index is 0.194. The summed E-state index contributed by atoms with van der Waals surface area (Å²) in [7, 11) is 0. The molecule has 1 aromatic heterocycles. The Morgan fingerprint density at radius 1 is 1.29 bits per heavy atom. The normalized spacial score (nSPS) is 14.9. The van der Waals surface area contributed by atoms with Gasteiger partial charge in [0.25, 0.3) is 0 Å². The van der Waals surface area contributed by atoms with Crippen LogP contribution in [0, 0.1) is 18.3 Å². The van der Waals surface area contributed by atoms with Gasteiger partial charge >= 0.3 is 0 Å². The molecule has 1 fully saturated rings. The fourth-order valence-corrected chi connectivity index (χ4v) is 2.83. The van der Waals surface area contributed by atoms with E-state index in [1.807, 2.05) is 25.1 Å². The molecule has 0 bridgehead atoms. The topological polar surface area (TPSA) is 67.2 Å². The smallest absolute Gasteiger partial charge is 0.148 e. The van der Waals surface area contributed by atoms with Crippen LogP contribution in [-0.4, -0.2) is 24.3 Å². The largest absolute Gasteiger partial charge is 0.490 e. The molecule has 0 aliphatic carbocycles. The summed E-state index contributed by atoms with van der Waals surface area (Å²) in [6.45, 7) is 3.50. The lowest BCUT2D eigenvalue weighted by Crippen LogP contribution is -2.25. The van der Waals surface area contributed by atoms with E-state index in [4.69, 9.17) is 21.1 Å². The molecule has 1 aliphatic heterocycles. The third-order valence-corrected chi connectivity index (χ3v) is 4.24. The molecule has 2 aromatic rings. The van der Waals surface area contributed by atoms with Crippen molar-refractivity contribution in [3.8, 4) is 11.8 Å². The predicted octanol–water partition coefficient (Wildman–Crippen LogP) is 4.22. The highest BCUT2D eigenvalue weighted by atomic mass is 35.5. The van der Waals surface area contributed by atoms with Gasteiger partial charge in [0.1, 0.15) is 28.6 Å². The van der Waals surface area contributed by atoms with Gasteiger partial charge in [0.15, 0.2) is 0 Å². The highest BCUT2D eigenvalue weighted by Crippen LogP contribution is 2.29. The van der Waals surface area contributed by atoms with Crippen molar-refractivity contribution < 1.29 is 9.47 Å². The van der Waals surface area contributed by atoms with Crippen LogP contribution in [0.1, 0.15) is 24.0 Å². The fourth-order valence-electron chi connectivity index (χ4n) is 2.63. The number of aryl methyl sites for hydroxylation is 1. The predicted molar refractivity (Wildman–Crippen MR) is 92.9 cm³/mol. The van der Waals surface area contributed by atoms with Crippen molar-refractivity contribution in [3.05, 3.63) is 46.7 Å². The van der Waals surface area contributed by atoms with Crippen molar-refractivity contribution in [1.29, 1.82) is 5.26 Å². The molecule has 1 N–H and O–H groups in total. The molecule has 124 valence electrons. The van der Waals surface area contributed by atoms with E-state index in [2.05, 4.69) is 16.4 Å². The quantitative estimate of drug-likeness (QED) is 0.842. The first-order valence-corrected chi connectivity index (χ1v) is 8.22. The summed E-state index contributed by atoms with van der Waals surface area (Å²) in [5, 5.41) is 12.7. The van der Waals surface area contributed by atoms with Crippen molar-refractivity contribution in [1.82, 2.24) is 4.98 Å². The third kappa shape index (κ3) is 3.78. The average molecular weight is 344 g/mol. The van der Waals surface area contributed by atoms with Crippen molar-refractivity contribution in [2.24, 2.45) is 0 Å². The molecular formula is C18H18ClN3O2. The number of pyridine rings is 1. The maximum absolute atomic E-state index is 9.23. The molecule has 0 saturated carbocycles. The molecule has 0 amide bonds. The van der Waals surface area contributed by atoms with Crippen LogP contribution in [0.4, 0.5) is 11.4 Å². The lowest BCUT2D eigenvalue weighted by Gasteiger charge is -2.23. The van der Waals surface area contributed by atoms with Gasteiger partial charge in [0.05, 0.1) is 18.9 Å². The summed E-state index contributed by atoms with van der Waals surface area (Å²) in [4.78, 5) is 3.93. The Morgan fingerprint density at radius 3 is 2.79 bits per heavy atom. The number of benzene rings is 1. The van der Waals surface area contributed by atoms with Gasteiger partial charge in [-0.25, -0.2) is 4.98 Å². The Morgan fingerprint density at radius 2 is 2.08 bits per heavy atom. The minimum Gasteiger partial charge on any atom is -0.490 e. The number of hydrogen-bond acceptors (Lipinski definition) is 5. The third-order valence-electron chi connectivity index (χ3n) is 3.95. The molecular weight excluding hydrogens is 326 g/mol. The number of aromatic nitrogens is 1. The molecule has 1 saturated heterocycles. The van der Waals surface area contributed by atoms with Crippen LogP contribution in [0.15, 0.2) is 30.5 Å². The minimum absolute atomic E-state index is 0.194. The van der Waals surface area contributed by atoms with Gasteiger partial charge in [-0.2, -0.15) is 5.26 Å². The second-order valence-electron chi connectivity index (χ2n) is 5.67. The molecule has 0 atom stereocenters. The number of nitrogens with zero attached hydrogens (tertiary/aromatic N) is 2. The molecule has 1 aromatic carbocycles. The summed E-state index contributed by atoms with van der Waals surface area (Å²) >= 11 is 5.97. The number of nitriles is 1. The molecule has 24 heavy (non-hydrogen) atoms. The fraction of sp³-hybridized carbons (Fsp3) is 0.333. The molecule has 0 unspecified atom stereocenters. The van der Waals surface area contributed by atoms with Crippen molar-refractivity contribution in [3.63, 3.8) is 0 Å². The van der Waals surface area contributed by atoms with Gasteiger partial charge in [-0.3, -0.25) is 0 Å². The summed E-state index contributed by atoms with van der Waals surface area (Å²) in [6, 6.07) is 9.67. The second kappa shape index (κ2) is 7.52. The Hall–Kier alpha value is -2.29. The van der Waals surface area contributed by atoms with E-state index in [1.54, 1.807) is 12.3 Å². The molecule has 5 nitrogen and oxygen atoms in total. The van der Waals surface area contributed by atoms with E-state index >= 15 is 0 Å². The van der Waals surface area contributed by atoms with Crippen LogP contribution in [-0.2, 0) is 4.74 Å². The van der Waals surface area contributed by atoms with Crippen LogP contribution < -0.4 is 10.1 Å². The van der Waals surface area contributed by atoms with E-state index in [0.29, 0.717) is 11.3 Å². The first kappa shape index (κ1) is 16.6. The standard InChI is InChI=1S/C18H18ClN3O2/c1-12-10-14(24-13-5-8-23-9-6-13)2-3-16(12)22-17-4-7-21-18(19)15(17)11-20/h2-4,7,10,13H,5-6,8-9H2,1H3,(H,21,22). The first-order chi connectivity index (χ1) is 11.7. The maximum atomic E-state index is 9.23. The lowest BCUT2D eigenvalue weighted by molar-refractivity contribution is 0.0255. The van der Waals surface area contributed by atoms with Crippen molar-refractivity contribution in [2.45, 2.75) is 25.9 Å². The van der Waals surface area contributed by atoms with E-state index in [9.17, 15) is 5.26 Å². The van der Waals surface area contributed by atoms with Crippen LogP contribution in [0.25, 0.3) is 0 Å². The van der Waals surface area contributed by atoms with Crippen LogP contribution in [0.3, 0.4) is 0 Å². The molecule has 2 heterocycles. The molecule has 1 aliphatic rings. The van der Waals surface area contributed by atoms with Crippen LogP contribution in [0.2, 0.25) is 5.15 Å². The van der Waals surface area contributed by atoms with Gasteiger partial charge in [-0.15, -0.1) is 0 Å². The number of hydrogen-bond donors (Lipinski definition) is 1. The van der Waals surface area contributed by atoms with Crippen LogP contribution in [0.5, 0.6) is 5.75 Å². The molecule has 3 rings (SSSR count). The number of rotatable bonds is 4.